The van der Waals surface area contributed by atoms with Gasteiger partial charge in [0.2, 0.25) is 5.91 Å². The van der Waals surface area contributed by atoms with E-state index in [9.17, 15) is 4.79 Å². The van der Waals surface area contributed by atoms with Crippen molar-refractivity contribution in [1.29, 1.82) is 0 Å². The Balaban J connectivity index is 1.39. The first-order valence-corrected chi connectivity index (χ1v) is 7.37. The van der Waals surface area contributed by atoms with Crippen LogP contribution in [0, 0.1) is 0 Å². The number of nitrogens with one attached hydrogen (secondary N) is 2. The average Bonchev–Trinajstić information content (AvgIpc) is 3.21. The number of nitrogens with zero attached hydrogens (tertiary/aromatic N) is 1. The lowest BCUT2D eigenvalue weighted by Crippen LogP contribution is -2.35. The van der Waals surface area contributed by atoms with E-state index in [4.69, 9.17) is 0 Å². The van der Waals surface area contributed by atoms with E-state index in [0.29, 0.717) is 12.6 Å². The van der Waals surface area contributed by atoms with Crippen LogP contribution in [0.3, 0.4) is 0 Å². The molecule has 1 aromatic carbocycles. The summed E-state index contributed by atoms with van der Waals surface area (Å²) >= 11 is 0. The standard InChI is InChI=1S/C16H21N3O/c20-16(12-18-14-6-7-14)17-9-3-10-19-11-8-13-4-1-2-5-15(13)19/h1-2,4-5,8,11,14,18H,3,6-7,9-10,12H2,(H,17,20). The minimum absolute atomic E-state index is 0.106. The van der Waals surface area contributed by atoms with E-state index in [1.54, 1.807) is 0 Å². The number of para-hydroxylation sites is 1. The van der Waals surface area contributed by atoms with Gasteiger partial charge in [-0.05, 0) is 36.8 Å². The van der Waals surface area contributed by atoms with Crippen molar-refractivity contribution in [1.82, 2.24) is 15.2 Å². The second-order valence-electron chi connectivity index (χ2n) is 5.43. The number of aryl methyl sites for hydroxylation is 1. The van der Waals surface area contributed by atoms with E-state index in [0.717, 1.165) is 19.5 Å². The van der Waals surface area contributed by atoms with Crippen LogP contribution in [-0.2, 0) is 11.3 Å². The average molecular weight is 271 g/mol. The van der Waals surface area contributed by atoms with Gasteiger partial charge in [-0.3, -0.25) is 4.79 Å². The fourth-order valence-corrected chi connectivity index (χ4v) is 2.40. The third-order valence-electron chi connectivity index (χ3n) is 3.71. The number of aromatic nitrogens is 1. The summed E-state index contributed by atoms with van der Waals surface area (Å²) in [5.74, 6) is 0.106. The summed E-state index contributed by atoms with van der Waals surface area (Å²) in [6, 6.07) is 11.1. The van der Waals surface area contributed by atoms with E-state index in [2.05, 4.69) is 51.7 Å². The van der Waals surface area contributed by atoms with Crippen molar-refractivity contribution in [3.05, 3.63) is 36.5 Å². The van der Waals surface area contributed by atoms with Gasteiger partial charge >= 0.3 is 0 Å². The van der Waals surface area contributed by atoms with Gasteiger partial charge in [-0.1, -0.05) is 18.2 Å². The van der Waals surface area contributed by atoms with E-state index in [1.165, 1.54) is 23.7 Å². The summed E-state index contributed by atoms with van der Waals surface area (Å²) in [4.78, 5) is 11.6. The lowest BCUT2D eigenvalue weighted by molar-refractivity contribution is -0.120. The lowest BCUT2D eigenvalue weighted by Gasteiger charge is -2.07. The van der Waals surface area contributed by atoms with Crippen molar-refractivity contribution in [3.63, 3.8) is 0 Å². The van der Waals surface area contributed by atoms with E-state index < -0.39 is 0 Å². The van der Waals surface area contributed by atoms with Gasteiger partial charge in [-0.15, -0.1) is 0 Å². The van der Waals surface area contributed by atoms with E-state index in [1.807, 2.05) is 0 Å². The van der Waals surface area contributed by atoms with Crippen molar-refractivity contribution in [2.24, 2.45) is 0 Å². The zero-order valence-corrected chi connectivity index (χ0v) is 11.6. The quantitative estimate of drug-likeness (QED) is 0.756. The number of fused-ring (bicyclic) bond motifs is 1. The molecule has 4 nitrogen and oxygen atoms in total. The molecule has 1 fully saturated rings. The lowest BCUT2D eigenvalue weighted by atomic mass is 10.2. The highest BCUT2D eigenvalue weighted by Gasteiger charge is 2.20. The second-order valence-corrected chi connectivity index (χ2v) is 5.43. The first kappa shape index (κ1) is 13.2. The van der Waals surface area contributed by atoms with Gasteiger partial charge < -0.3 is 15.2 Å². The largest absolute Gasteiger partial charge is 0.355 e. The molecule has 1 amide bonds. The topological polar surface area (TPSA) is 46.1 Å². The molecule has 2 aromatic rings. The minimum atomic E-state index is 0.106. The van der Waals surface area contributed by atoms with Gasteiger partial charge in [0.05, 0.1) is 6.54 Å². The summed E-state index contributed by atoms with van der Waals surface area (Å²) in [5, 5.41) is 7.45. The number of hydrogen-bond acceptors (Lipinski definition) is 2. The van der Waals surface area contributed by atoms with Crippen LogP contribution in [-0.4, -0.2) is 29.6 Å². The molecule has 0 radical (unpaired) electrons. The van der Waals surface area contributed by atoms with Crippen LogP contribution in [0.1, 0.15) is 19.3 Å². The zero-order chi connectivity index (χ0) is 13.8. The van der Waals surface area contributed by atoms with Crippen molar-refractivity contribution in [2.45, 2.75) is 31.8 Å². The predicted molar refractivity (Wildman–Crippen MR) is 80.6 cm³/mol. The van der Waals surface area contributed by atoms with E-state index >= 15 is 0 Å². The van der Waals surface area contributed by atoms with Crippen LogP contribution in [0.2, 0.25) is 0 Å². The molecule has 0 bridgehead atoms. The Labute approximate surface area is 119 Å². The molecule has 3 rings (SSSR count). The Morgan fingerprint density at radius 2 is 2.10 bits per heavy atom. The maximum atomic E-state index is 11.6. The molecule has 1 heterocycles. The molecule has 0 saturated heterocycles. The minimum Gasteiger partial charge on any atom is -0.355 e. The van der Waals surface area contributed by atoms with Crippen molar-refractivity contribution in [2.75, 3.05) is 13.1 Å². The number of carbonyl (C=O) groups excluding carboxylic acids is 1. The Kier molecular flexibility index (Phi) is 4.02. The molecule has 1 aliphatic rings. The van der Waals surface area contributed by atoms with Crippen LogP contribution in [0.25, 0.3) is 10.9 Å². The van der Waals surface area contributed by atoms with Crippen LogP contribution in [0.4, 0.5) is 0 Å². The number of benzene rings is 1. The molecule has 0 spiro atoms. The molecule has 0 aliphatic heterocycles. The highest BCUT2D eigenvalue weighted by Crippen LogP contribution is 2.18. The van der Waals surface area contributed by atoms with Gasteiger partial charge in [0.1, 0.15) is 0 Å². The molecule has 1 aliphatic carbocycles. The van der Waals surface area contributed by atoms with Crippen molar-refractivity contribution in [3.8, 4) is 0 Å². The normalized spacial score (nSPS) is 14.6. The zero-order valence-electron chi connectivity index (χ0n) is 11.6. The summed E-state index contributed by atoms with van der Waals surface area (Å²) in [5.41, 5.74) is 1.26. The fraction of sp³-hybridized carbons (Fsp3) is 0.438. The molecule has 1 aromatic heterocycles. The number of hydrogen-bond donors (Lipinski definition) is 2. The van der Waals surface area contributed by atoms with Gasteiger partial charge in [-0.25, -0.2) is 0 Å². The Bertz CT molecular complexity index is 586. The number of carbonyl (C=O) groups is 1. The van der Waals surface area contributed by atoms with Crippen LogP contribution in [0.5, 0.6) is 0 Å². The third-order valence-corrected chi connectivity index (χ3v) is 3.71. The summed E-state index contributed by atoms with van der Waals surface area (Å²) in [6.45, 7) is 2.12. The smallest absolute Gasteiger partial charge is 0.233 e. The molecule has 4 heteroatoms. The summed E-state index contributed by atoms with van der Waals surface area (Å²) in [7, 11) is 0. The van der Waals surface area contributed by atoms with Crippen molar-refractivity contribution < 1.29 is 4.79 Å². The Morgan fingerprint density at radius 1 is 1.25 bits per heavy atom. The van der Waals surface area contributed by atoms with Gasteiger partial charge in [0, 0.05) is 30.8 Å². The van der Waals surface area contributed by atoms with E-state index in [-0.39, 0.29) is 5.91 Å². The molecule has 1 saturated carbocycles. The molecule has 20 heavy (non-hydrogen) atoms. The monoisotopic (exact) mass is 271 g/mol. The first-order valence-electron chi connectivity index (χ1n) is 7.37. The maximum Gasteiger partial charge on any atom is 0.233 e. The Morgan fingerprint density at radius 3 is 2.95 bits per heavy atom. The number of amides is 1. The maximum absolute atomic E-state index is 11.6. The van der Waals surface area contributed by atoms with Crippen LogP contribution >= 0.6 is 0 Å². The first-order chi connectivity index (χ1) is 9.83. The third kappa shape index (κ3) is 3.39. The number of rotatable bonds is 7. The van der Waals surface area contributed by atoms with Gasteiger partial charge in [-0.2, -0.15) is 0 Å². The van der Waals surface area contributed by atoms with Crippen LogP contribution in [0.15, 0.2) is 36.5 Å². The van der Waals surface area contributed by atoms with Crippen LogP contribution < -0.4 is 10.6 Å². The SMILES string of the molecule is O=C(CNC1CC1)NCCCn1ccc2ccccc21. The van der Waals surface area contributed by atoms with Crippen molar-refractivity contribution >= 4 is 16.8 Å². The molecule has 2 N–H and O–H groups in total. The molecule has 106 valence electrons. The highest BCUT2D eigenvalue weighted by molar-refractivity contribution is 5.80. The summed E-state index contributed by atoms with van der Waals surface area (Å²) in [6.07, 6.45) is 5.50. The van der Waals surface area contributed by atoms with Gasteiger partial charge in [0.25, 0.3) is 0 Å². The molecule has 0 atom stereocenters. The molecular formula is C16H21N3O. The second kappa shape index (κ2) is 6.09. The molecule has 0 unspecified atom stereocenters. The Hall–Kier alpha value is -1.81. The van der Waals surface area contributed by atoms with Gasteiger partial charge in [0.15, 0.2) is 0 Å². The fourth-order valence-electron chi connectivity index (χ4n) is 2.40. The predicted octanol–water partition coefficient (Wildman–Crippen LogP) is 1.90. The molecular weight excluding hydrogens is 250 g/mol. The summed E-state index contributed by atoms with van der Waals surface area (Å²) < 4.78 is 2.24. The highest BCUT2D eigenvalue weighted by atomic mass is 16.1.